The first kappa shape index (κ1) is 88.5. The molecule has 10 atom stereocenters. The molecule has 0 bridgehead atoms. The lowest BCUT2D eigenvalue weighted by Gasteiger charge is -2.26. The van der Waals surface area contributed by atoms with Crippen LogP contribution < -0.4 is 61.0 Å². The van der Waals surface area contributed by atoms with Gasteiger partial charge in [-0.1, -0.05) is 117 Å². The van der Waals surface area contributed by atoms with Crippen LogP contribution in [0.4, 0.5) is 0 Å². The van der Waals surface area contributed by atoms with Gasteiger partial charge < -0.3 is 75.9 Å². The number of aliphatic hydroxyl groups is 1. The maximum absolute atomic E-state index is 14.6. The molecule has 26 heteroatoms. The third-order valence-electron chi connectivity index (χ3n) is 17.8. The normalized spacial score (nSPS) is 14.5. The van der Waals surface area contributed by atoms with Gasteiger partial charge >= 0.3 is 0 Å². The lowest BCUT2D eigenvalue weighted by atomic mass is 9.88. The van der Waals surface area contributed by atoms with Gasteiger partial charge in [0.2, 0.25) is 35.4 Å². The summed E-state index contributed by atoms with van der Waals surface area (Å²) in [7, 11) is 0. The molecule has 0 radical (unpaired) electrons. The number of ketones is 5. The highest BCUT2D eigenvalue weighted by atomic mass is 16.3. The van der Waals surface area contributed by atoms with Crippen molar-refractivity contribution in [3.8, 4) is 0 Å². The van der Waals surface area contributed by atoms with Crippen LogP contribution in [0, 0.1) is 35.5 Å². The number of hydrogen-bond acceptors (Lipinski definition) is 17. The van der Waals surface area contributed by atoms with Gasteiger partial charge in [-0.15, -0.1) is 0 Å². The number of carbonyl (C=O) groups is 11. The van der Waals surface area contributed by atoms with Gasteiger partial charge in [0.15, 0.2) is 29.1 Å². The second-order valence-electron chi connectivity index (χ2n) is 27.2. The second-order valence-corrected chi connectivity index (χ2v) is 27.2. The van der Waals surface area contributed by atoms with E-state index in [1.54, 1.807) is 0 Å². The minimum Gasteiger partial charge on any atom is -0.393 e. The zero-order valence-corrected chi connectivity index (χ0v) is 59.9. The Morgan fingerprint density at radius 1 is 0.505 bits per heavy atom. The minimum atomic E-state index is -1.28. The lowest BCUT2D eigenvalue weighted by molar-refractivity contribution is -0.136. The fraction of sp³-hybridized carbons (Fsp3) is 0.789. The molecule has 1 aromatic heterocycles. The molecule has 0 aliphatic heterocycles. The van der Waals surface area contributed by atoms with Crippen molar-refractivity contribution in [1.82, 2.24) is 36.6 Å². The van der Waals surface area contributed by atoms with Crippen molar-refractivity contribution in [3.63, 3.8) is 0 Å². The first-order valence-electron chi connectivity index (χ1n) is 36.5. The fourth-order valence-electron chi connectivity index (χ4n) is 12.0. The molecule has 0 saturated heterocycles. The standard InChI is InChI=1S/C71H128N14O12/c1-7-8-9-10-11-12-13-14-15-16-17-18-19-26-37-79-70(97)57(51(6)87)45-64(91)58(30-22-25-36-74)84-68(95)54(39-48(2)3)44-61(88)50(5)82-66(93)52(28-20-23-34-72)42-62(89)59(31-27-38-80-71(76)77)83-67(94)53(29-21-24-35-73)43-63(90)60(32-33-65(75)92)85-69(96)55(40-49(4)86)41-56-46-78-47-81-56/h46-48,50-55,57-60,87H,7-45,72-74H2,1-6H3,(H2,75,92)(H,78,81)(H,79,97)(H,82,93)(H,83,94)(H,84,95)(H,85,96)(H4,76,77,80)/t50-,51+,52+,53+,54+,55-,57-,58-,59-,60-/m0/s1. The van der Waals surface area contributed by atoms with E-state index in [-0.39, 0.29) is 114 Å². The number of aromatic nitrogens is 2. The quantitative estimate of drug-likeness (QED) is 0.0216. The molecule has 26 nitrogen and oxygen atoms in total. The number of carbonyl (C=O) groups excluding carboxylic acids is 11. The number of amides is 6. The van der Waals surface area contributed by atoms with Gasteiger partial charge in [0.05, 0.1) is 48.4 Å². The SMILES string of the molecule is CCCCCCCCCCCCCCCCNC(=O)[C@@H](CC(=O)[C@H](CCCCN)NC(=O)[C@@H](CC(=O)[C@H](C)NC(=O)[C@H](CCCCN)CC(=O)[C@H](CCCN=C(N)N)NC(=O)[C@H](CCCCN)CC(=O)[C@H](CCC(N)=O)NC(=O)[C@@H](CC(C)=O)Cc1cnc[nH]1)CC(C)C)[C@@H](C)O. The van der Waals surface area contributed by atoms with Crippen molar-refractivity contribution in [2.75, 3.05) is 32.7 Å². The summed E-state index contributed by atoms with van der Waals surface area (Å²) in [6, 6.07) is -4.69. The number of aliphatic imine (C=N–C) groups is 1. The van der Waals surface area contributed by atoms with E-state index in [2.05, 4.69) is 48.5 Å². The van der Waals surface area contributed by atoms with Crippen LogP contribution in [-0.4, -0.2) is 148 Å². The Bertz CT molecular complexity index is 2490. The Morgan fingerprint density at radius 3 is 1.40 bits per heavy atom. The molecule has 6 amide bonds. The predicted octanol–water partition coefficient (Wildman–Crippen LogP) is 5.54. The zero-order valence-electron chi connectivity index (χ0n) is 59.9. The van der Waals surface area contributed by atoms with Gasteiger partial charge in [-0.05, 0) is 123 Å². The Morgan fingerprint density at radius 2 is 0.948 bits per heavy atom. The topological polar surface area (TPSA) is 465 Å². The summed E-state index contributed by atoms with van der Waals surface area (Å²) in [5, 5.41) is 24.9. The zero-order chi connectivity index (χ0) is 72.5. The number of rotatable bonds is 62. The summed E-state index contributed by atoms with van der Waals surface area (Å²) in [6.45, 7) is 11.7. The average Bonchev–Trinajstić information content (AvgIpc) is 1.44. The number of nitrogens with two attached hydrogens (primary N) is 6. The highest BCUT2D eigenvalue weighted by Gasteiger charge is 2.36. The van der Waals surface area contributed by atoms with Crippen molar-refractivity contribution in [1.29, 1.82) is 0 Å². The maximum Gasteiger partial charge on any atom is 0.226 e. The molecule has 0 fully saturated rings. The van der Waals surface area contributed by atoms with Crippen LogP contribution in [0.3, 0.4) is 0 Å². The third-order valence-corrected chi connectivity index (χ3v) is 17.8. The summed E-state index contributed by atoms with van der Waals surface area (Å²) in [4.78, 5) is 163. The number of aliphatic hydroxyl groups excluding tert-OH is 1. The molecular weight excluding hydrogens is 1240 g/mol. The molecule has 1 aromatic rings. The predicted molar refractivity (Wildman–Crippen MR) is 378 cm³/mol. The van der Waals surface area contributed by atoms with Crippen molar-refractivity contribution >= 4 is 70.3 Å². The van der Waals surface area contributed by atoms with Gasteiger partial charge in [-0.3, -0.25) is 52.9 Å². The minimum absolute atomic E-state index is 0.0108. The van der Waals surface area contributed by atoms with E-state index in [0.29, 0.717) is 57.3 Å². The molecule has 0 aliphatic rings. The Balaban J connectivity index is 3.34. The maximum atomic E-state index is 14.6. The molecule has 0 unspecified atom stereocenters. The first-order valence-corrected chi connectivity index (χ1v) is 36.5. The van der Waals surface area contributed by atoms with E-state index in [0.717, 1.165) is 25.7 Å². The summed E-state index contributed by atoms with van der Waals surface area (Å²) >= 11 is 0. The van der Waals surface area contributed by atoms with Crippen LogP contribution in [-0.2, 0) is 59.2 Å². The summed E-state index contributed by atoms with van der Waals surface area (Å²) in [6.07, 6.45) is 20.4. The van der Waals surface area contributed by atoms with Crippen molar-refractivity contribution < 1.29 is 57.8 Å². The van der Waals surface area contributed by atoms with Gasteiger partial charge in [-0.2, -0.15) is 0 Å². The van der Waals surface area contributed by atoms with Gasteiger partial charge in [-0.25, -0.2) is 4.98 Å². The van der Waals surface area contributed by atoms with E-state index in [4.69, 9.17) is 34.4 Å². The molecule has 554 valence electrons. The van der Waals surface area contributed by atoms with E-state index in [1.165, 1.54) is 97.5 Å². The lowest BCUT2D eigenvalue weighted by Crippen LogP contribution is -2.49. The third kappa shape index (κ3) is 41.5. The van der Waals surface area contributed by atoms with E-state index in [9.17, 15) is 57.8 Å². The Hall–Kier alpha value is -6.51. The largest absolute Gasteiger partial charge is 0.393 e. The van der Waals surface area contributed by atoms with Crippen LogP contribution in [0.2, 0.25) is 0 Å². The second kappa shape index (κ2) is 53.5. The van der Waals surface area contributed by atoms with E-state index < -0.39 is 131 Å². The van der Waals surface area contributed by atoms with Crippen molar-refractivity contribution in [3.05, 3.63) is 18.2 Å². The molecule has 0 aromatic carbocycles. The fourth-order valence-corrected chi connectivity index (χ4v) is 12.0. The number of nitrogens with one attached hydrogen (secondary N) is 6. The van der Waals surface area contributed by atoms with Gasteiger partial charge in [0.1, 0.15) is 5.78 Å². The number of unbranched alkanes of at least 4 members (excludes halogenated alkanes) is 16. The molecule has 1 heterocycles. The molecule has 0 saturated carbocycles. The summed E-state index contributed by atoms with van der Waals surface area (Å²) in [5.41, 5.74) is 34.8. The average molecular weight is 1370 g/mol. The molecule has 0 spiro atoms. The van der Waals surface area contributed by atoms with Gasteiger partial charge in [0.25, 0.3) is 0 Å². The number of aromatic amines is 1. The van der Waals surface area contributed by atoms with E-state index in [1.807, 2.05) is 13.8 Å². The van der Waals surface area contributed by atoms with Crippen molar-refractivity contribution in [2.45, 2.75) is 290 Å². The van der Waals surface area contributed by atoms with Crippen LogP contribution in [0.1, 0.15) is 259 Å². The summed E-state index contributed by atoms with van der Waals surface area (Å²) < 4.78 is 0. The Labute approximate surface area is 578 Å². The molecule has 1 rings (SSSR count). The number of guanidine groups is 1. The van der Waals surface area contributed by atoms with Crippen LogP contribution in [0.15, 0.2) is 17.5 Å². The molecule has 0 aliphatic carbocycles. The first-order chi connectivity index (χ1) is 46.3. The number of Topliss-reactive ketones (excluding diaryl/α,β-unsaturated/α-hetero) is 5. The van der Waals surface area contributed by atoms with Gasteiger partial charge in [0, 0.05) is 87.7 Å². The number of nitrogens with zero attached hydrogens (tertiary/aromatic N) is 2. The van der Waals surface area contributed by atoms with E-state index >= 15 is 0 Å². The number of primary amides is 1. The van der Waals surface area contributed by atoms with Crippen LogP contribution in [0.25, 0.3) is 0 Å². The number of imidazole rings is 1. The molecular formula is C71H128N14O12. The number of H-pyrrole nitrogens is 1. The summed E-state index contributed by atoms with van der Waals surface area (Å²) in [5.74, 6) is -11.3. The van der Waals surface area contributed by atoms with Crippen LogP contribution >= 0.6 is 0 Å². The van der Waals surface area contributed by atoms with Crippen molar-refractivity contribution in [2.24, 2.45) is 74.9 Å². The highest BCUT2D eigenvalue weighted by molar-refractivity contribution is 5.98. The van der Waals surface area contributed by atoms with Crippen LogP contribution in [0.5, 0.6) is 0 Å². The molecule has 19 N–H and O–H groups in total. The smallest absolute Gasteiger partial charge is 0.226 e. The Kier molecular flexibility index (Phi) is 48.8. The molecule has 97 heavy (non-hydrogen) atoms. The highest BCUT2D eigenvalue weighted by Crippen LogP contribution is 2.24. The monoisotopic (exact) mass is 1370 g/mol. The number of hydrogen-bond donors (Lipinski definition) is 13.